The molecule has 20 heavy (non-hydrogen) atoms. The largest absolute Gasteiger partial charge is 0.489 e. The van der Waals surface area contributed by atoms with Gasteiger partial charge in [0.1, 0.15) is 12.4 Å². The summed E-state index contributed by atoms with van der Waals surface area (Å²) in [6, 6.07) is 16.1. The first kappa shape index (κ1) is 13.6. The zero-order valence-electron chi connectivity index (χ0n) is 11.0. The lowest BCUT2D eigenvalue weighted by molar-refractivity contribution is 0.0600. The molecule has 0 saturated carbocycles. The van der Waals surface area contributed by atoms with E-state index in [9.17, 15) is 4.79 Å². The zero-order valence-corrected chi connectivity index (χ0v) is 11.0. The standard InChI is InChI=1S/C16H13NO3/c1-19-16(18)14-6-3-7-15(9-14)20-11-13-5-2-4-12(8-13)10-17/h2-9H,11H2,1H3. The molecule has 2 aromatic carbocycles. The van der Waals surface area contributed by atoms with Crippen LogP contribution in [-0.4, -0.2) is 13.1 Å². The van der Waals surface area contributed by atoms with Gasteiger partial charge in [-0.2, -0.15) is 5.26 Å². The summed E-state index contributed by atoms with van der Waals surface area (Å²) < 4.78 is 10.3. The third kappa shape index (κ3) is 3.36. The van der Waals surface area contributed by atoms with Crippen LogP contribution in [0.15, 0.2) is 48.5 Å². The van der Waals surface area contributed by atoms with Crippen molar-refractivity contribution in [3.8, 4) is 11.8 Å². The maximum atomic E-state index is 11.4. The van der Waals surface area contributed by atoms with Crippen molar-refractivity contribution in [3.05, 3.63) is 65.2 Å². The molecule has 0 amide bonds. The van der Waals surface area contributed by atoms with Gasteiger partial charge >= 0.3 is 5.97 Å². The van der Waals surface area contributed by atoms with E-state index in [0.29, 0.717) is 23.5 Å². The number of carbonyl (C=O) groups is 1. The third-order valence-electron chi connectivity index (χ3n) is 2.72. The lowest BCUT2D eigenvalue weighted by Crippen LogP contribution is -2.02. The maximum absolute atomic E-state index is 11.4. The molecule has 0 bridgehead atoms. The lowest BCUT2D eigenvalue weighted by Gasteiger charge is -2.07. The Morgan fingerprint density at radius 3 is 2.75 bits per heavy atom. The van der Waals surface area contributed by atoms with Crippen molar-refractivity contribution in [2.45, 2.75) is 6.61 Å². The van der Waals surface area contributed by atoms with E-state index in [-0.39, 0.29) is 0 Å². The molecule has 0 fully saturated rings. The molecule has 4 heteroatoms. The van der Waals surface area contributed by atoms with Gasteiger partial charge < -0.3 is 9.47 Å². The average Bonchev–Trinajstić information content (AvgIpc) is 2.52. The molecule has 100 valence electrons. The molecule has 0 aliphatic rings. The number of rotatable bonds is 4. The number of nitriles is 1. The van der Waals surface area contributed by atoms with Gasteiger partial charge in [-0.05, 0) is 35.9 Å². The summed E-state index contributed by atoms with van der Waals surface area (Å²) in [7, 11) is 1.34. The van der Waals surface area contributed by atoms with Crippen molar-refractivity contribution in [1.29, 1.82) is 5.26 Å². The Balaban J connectivity index is 2.07. The fourth-order valence-electron chi connectivity index (χ4n) is 1.73. The topological polar surface area (TPSA) is 59.3 Å². The van der Waals surface area contributed by atoms with Gasteiger partial charge in [-0.3, -0.25) is 0 Å². The van der Waals surface area contributed by atoms with E-state index in [2.05, 4.69) is 10.8 Å². The molecule has 2 aromatic rings. The van der Waals surface area contributed by atoms with Crippen LogP contribution >= 0.6 is 0 Å². The van der Waals surface area contributed by atoms with Crippen molar-refractivity contribution in [2.24, 2.45) is 0 Å². The monoisotopic (exact) mass is 267 g/mol. The predicted octanol–water partition coefficient (Wildman–Crippen LogP) is 2.92. The van der Waals surface area contributed by atoms with Crippen molar-refractivity contribution in [1.82, 2.24) is 0 Å². The van der Waals surface area contributed by atoms with Crippen LogP contribution in [0.5, 0.6) is 5.75 Å². The SMILES string of the molecule is COC(=O)c1cccc(OCc2cccc(C#N)c2)c1. The molecule has 0 aromatic heterocycles. The molecule has 0 saturated heterocycles. The summed E-state index contributed by atoms with van der Waals surface area (Å²) in [6.45, 7) is 0.333. The van der Waals surface area contributed by atoms with Crippen LogP contribution in [0.4, 0.5) is 0 Å². The van der Waals surface area contributed by atoms with Crippen LogP contribution in [0.3, 0.4) is 0 Å². The molecule has 0 N–H and O–H groups in total. The van der Waals surface area contributed by atoms with Gasteiger partial charge in [0.05, 0.1) is 24.3 Å². The first-order valence-electron chi connectivity index (χ1n) is 6.03. The Labute approximate surface area is 117 Å². The van der Waals surface area contributed by atoms with Crippen LogP contribution in [0.2, 0.25) is 0 Å². The number of ether oxygens (including phenoxy) is 2. The molecule has 0 heterocycles. The van der Waals surface area contributed by atoms with Crippen molar-refractivity contribution >= 4 is 5.97 Å². The first-order valence-corrected chi connectivity index (χ1v) is 6.03. The van der Waals surface area contributed by atoms with E-state index >= 15 is 0 Å². The fourth-order valence-corrected chi connectivity index (χ4v) is 1.73. The zero-order chi connectivity index (χ0) is 14.4. The first-order chi connectivity index (χ1) is 9.72. The van der Waals surface area contributed by atoms with Gasteiger partial charge in [-0.1, -0.05) is 18.2 Å². The Kier molecular flexibility index (Phi) is 4.35. The van der Waals surface area contributed by atoms with E-state index in [1.54, 1.807) is 36.4 Å². The van der Waals surface area contributed by atoms with Gasteiger partial charge in [0.15, 0.2) is 0 Å². The van der Waals surface area contributed by atoms with Crippen molar-refractivity contribution < 1.29 is 14.3 Å². The highest BCUT2D eigenvalue weighted by molar-refractivity contribution is 5.89. The highest BCUT2D eigenvalue weighted by Gasteiger charge is 2.06. The Bertz CT molecular complexity index is 659. The lowest BCUT2D eigenvalue weighted by atomic mass is 10.1. The molecule has 2 rings (SSSR count). The molecule has 0 atom stereocenters. The summed E-state index contributed by atoms with van der Waals surface area (Å²) in [5.74, 6) is 0.178. The minimum atomic E-state index is -0.401. The summed E-state index contributed by atoms with van der Waals surface area (Å²) in [6.07, 6.45) is 0. The molecular weight excluding hydrogens is 254 g/mol. The molecule has 0 unspecified atom stereocenters. The molecule has 0 radical (unpaired) electrons. The number of nitrogens with zero attached hydrogens (tertiary/aromatic N) is 1. The highest BCUT2D eigenvalue weighted by Crippen LogP contribution is 2.16. The number of carbonyl (C=O) groups excluding carboxylic acids is 1. The molecule has 0 aliphatic carbocycles. The van der Waals surface area contributed by atoms with Gasteiger partial charge in [-0.15, -0.1) is 0 Å². The predicted molar refractivity (Wildman–Crippen MR) is 73.3 cm³/mol. The van der Waals surface area contributed by atoms with Crippen molar-refractivity contribution in [3.63, 3.8) is 0 Å². The van der Waals surface area contributed by atoms with Crippen LogP contribution in [0.1, 0.15) is 21.5 Å². The van der Waals surface area contributed by atoms with Gasteiger partial charge in [-0.25, -0.2) is 4.79 Å². The molecule has 4 nitrogen and oxygen atoms in total. The highest BCUT2D eigenvalue weighted by atomic mass is 16.5. The van der Waals surface area contributed by atoms with Crippen LogP contribution in [0, 0.1) is 11.3 Å². The fraction of sp³-hybridized carbons (Fsp3) is 0.125. The van der Waals surface area contributed by atoms with E-state index in [4.69, 9.17) is 10.00 Å². The second-order valence-corrected chi connectivity index (χ2v) is 4.12. The molecular formula is C16H13NO3. The normalized spacial score (nSPS) is 9.60. The second-order valence-electron chi connectivity index (χ2n) is 4.12. The Morgan fingerprint density at radius 2 is 2.00 bits per heavy atom. The van der Waals surface area contributed by atoms with Crippen LogP contribution in [0.25, 0.3) is 0 Å². The minimum Gasteiger partial charge on any atom is -0.489 e. The van der Waals surface area contributed by atoms with Crippen LogP contribution in [-0.2, 0) is 11.3 Å². The quantitative estimate of drug-likeness (QED) is 0.799. The van der Waals surface area contributed by atoms with Gasteiger partial charge in [0, 0.05) is 0 Å². The van der Waals surface area contributed by atoms with Crippen LogP contribution < -0.4 is 4.74 Å². The Hall–Kier alpha value is -2.80. The number of methoxy groups -OCH3 is 1. The summed E-state index contributed by atoms with van der Waals surface area (Å²) in [4.78, 5) is 11.4. The van der Waals surface area contributed by atoms with E-state index in [1.165, 1.54) is 7.11 Å². The number of benzene rings is 2. The average molecular weight is 267 g/mol. The third-order valence-corrected chi connectivity index (χ3v) is 2.72. The summed E-state index contributed by atoms with van der Waals surface area (Å²) in [5.41, 5.74) is 1.93. The van der Waals surface area contributed by atoms with E-state index < -0.39 is 5.97 Å². The van der Waals surface area contributed by atoms with E-state index in [1.807, 2.05) is 12.1 Å². The molecule has 0 spiro atoms. The summed E-state index contributed by atoms with van der Waals surface area (Å²) >= 11 is 0. The second kappa shape index (κ2) is 6.39. The molecule has 0 aliphatic heterocycles. The van der Waals surface area contributed by atoms with E-state index in [0.717, 1.165) is 5.56 Å². The smallest absolute Gasteiger partial charge is 0.337 e. The van der Waals surface area contributed by atoms with Gasteiger partial charge in [0.2, 0.25) is 0 Å². The number of hydrogen-bond acceptors (Lipinski definition) is 4. The Morgan fingerprint density at radius 1 is 1.20 bits per heavy atom. The van der Waals surface area contributed by atoms with Crippen molar-refractivity contribution in [2.75, 3.05) is 7.11 Å². The minimum absolute atomic E-state index is 0.333. The number of esters is 1. The van der Waals surface area contributed by atoms with Gasteiger partial charge in [0.25, 0.3) is 0 Å². The number of hydrogen-bond donors (Lipinski definition) is 0. The summed E-state index contributed by atoms with van der Waals surface area (Å²) in [5, 5.41) is 8.83. The maximum Gasteiger partial charge on any atom is 0.337 e.